The number of rotatable bonds is 8. The number of aliphatic hydroxyl groups excluding tert-OH is 1. The fourth-order valence-electron chi connectivity index (χ4n) is 2.30. The minimum Gasteiger partial charge on any atom is -0.396 e. The Morgan fingerprint density at radius 3 is 2.56 bits per heavy atom. The fraction of sp³-hybridized carbons (Fsp3) is 0.625. The first kappa shape index (κ1) is 15.2. The van der Waals surface area contributed by atoms with Crippen molar-refractivity contribution in [2.24, 2.45) is 0 Å². The van der Waals surface area contributed by atoms with Crippen LogP contribution in [0.1, 0.15) is 44.2 Å². The van der Waals surface area contributed by atoms with Crippen LogP contribution in [0.3, 0.4) is 0 Å². The summed E-state index contributed by atoms with van der Waals surface area (Å²) in [4.78, 5) is 0. The molecule has 0 saturated heterocycles. The van der Waals surface area contributed by atoms with Gasteiger partial charge >= 0.3 is 0 Å². The zero-order valence-electron chi connectivity index (χ0n) is 11.9. The number of aliphatic hydroxyl groups is 1. The molecule has 0 radical (unpaired) electrons. The second kappa shape index (κ2) is 8.28. The van der Waals surface area contributed by atoms with E-state index in [0.29, 0.717) is 18.7 Å². The summed E-state index contributed by atoms with van der Waals surface area (Å²) in [7, 11) is 0. The molecule has 2 heteroatoms. The molecule has 18 heavy (non-hydrogen) atoms. The molecule has 0 aliphatic heterocycles. The summed E-state index contributed by atoms with van der Waals surface area (Å²) in [5, 5.41) is 12.4. The molecule has 0 spiro atoms. The van der Waals surface area contributed by atoms with Crippen LogP contribution in [0.25, 0.3) is 0 Å². The third-order valence-corrected chi connectivity index (χ3v) is 3.31. The van der Waals surface area contributed by atoms with Crippen molar-refractivity contribution in [3.05, 3.63) is 35.4 Å². The van der Waals surface area contributed by atoms with Gasteiger partial charge in [0, 0.05) is 18.7 Å². The maximum Gasteiger partial charge on any atom is 0.0431 e. The molecule has 2 atom stereocenters. The highest BCUT2D eigenvalue weighted by molar-refractivity contribution is 5.22. The van der Waals surface area contributed by atoms with E-state index in [2.05, 4.69) is 50.4 Å². The summed E-state index contributed by atoms with van der Waals surface area (Å²) in [6.45, 7) is 6.87. The van der Waals surface area contributed by atoms with Crippen molar-refractivity contribution in [1.82, 2.24) is 5.32 Å². The van der Waals surface area contributed by atoms with Crippen LogP contribution in [0, 0.1) is 6.92 Å². The first-order valence-electron chi connectivity index (χ1n) is 7.04. The highest BCUT2D eigenvalue weighted by atomic mass is 16.2. The molecule has 0 aliphatic rings. The molecule has 2 N–H and O–H groups in total. The van der Waals surface area contributed by atoms with E-state index in [1.54, 1.807) is 0 Å². The smallest absolute Gasteiger partial charge is 0.0431 e. The van der Waals surface area contributed by atoms with E-state index in [1.807, 2.05) is 0 Å². The largest absolute Gasteiger partial charge is 0.396 e. The van der Waals surface area contributed by atoms with Crippen molar-refractivity contribution >= 4 is 0 Å². The SMILES string of the molecule is Cc1cccc(CCC(C)NC(C)CCCO)c1. The number of aryl methyl sites for hydroxylation is 2. The second-order valence-electron chi connectivity index (χ2n) is 5.36. The summed E-state index contributed by atoms with van der Waals surface area (Å²) in [5.41, 5.74) is 2.76. The summed E-state index contributed by atoms with van der Waals surface area (Å²) >= 11 is 0. The summed E-state index contributed by atoms with van der Waals surface area (Å²) in [6.07, 6.45) is 4.22. The Kier molecular flexibility index (Phi) is 6.99. The van der Waals surface area contributed by atoms with Gasteiger partial charge in [0.05, 0.1) is 0 Å². The molecule has 0 heterocycles. The van der Waals surface area contributed by atoms with Gasteiger partial charge in [0.2, 0.25) is 0 Å². The van der Waals surface area contributed by atoms with Gasteiger partial charge in [-0.05, 0) is 52.0 Å². The Balaban J connectivity index is 2.26. The average molecular weight is 249 g/mol. The number of hydrogen-bond acceptors (Lipinski definition) is 2. The van der Waals surface area contributed by atoms with E-state index >= 15 is 0 Å². The Morgan fingerprint density at radius 2 is 1.89 bits per heavy atom. The molecule has 2 unspecified atom stereocenters. The molecule has 2 nitrogen and oxygen atoms in total. The van der Waals surface area contributed by atoms with E-state index in [4.69, 9.17) is 5.11 Å². The Bertz CT molecular complexity index is 338. The lowest BCUT2D eigenvalue weighted by molar-refractivity contribution is 0.273. The van der Waals surface area contributed by atoms with Gasteiger partial charge in [-0.2, -0.15) is 0 Å². The lowest BCUT2D eigenvalue weighted by Gasteiger charge is -2.19. The van der Waals surface area contributed by atoms with Gasteiger partial charge in [-0.1, -0.05) is 29.8 Å². The minimum atomic E-state index is 0.295. The van der Waals surface area contributed by atoms with Crippen molar-refractivity contribution in [3.8, 4) is 0 Å². The highest BCUT2D eigenvalue weighted by Gasteiger charge is 2.07. The van der Waals surface area contributed by atoms with E-state index in [9.17, 15) is 0 Å². The van der Waals surface area contributed by atoms with Gasteiger partial charge in [0.1, 0.15) is 0 Å². The molecule has 1 rings (SSSR count). The number of benzene rings is 1. The third-order valence-electron chi connectivity index (χ3n) is 3.31. The van der Waals surface area contributed by atoms with Crippen LogP contribution in [0.5, 0.6) is 0 Å². The maximum absolute atomic E-state index is 8.80. The topological polar surface area (TPSA) is 32.3 Å². The van der Waals surface area contributed by atoms with Crippen molar-refractivity contribution in [1.29, 1.82) is 0 Å². The second-order valence-corrected chi connectivity index (χ2v) is 5.36. The van der Waals surface area contributed by atoms with Gasteiger partial charge in [0.25, 0.3) is 0 Å². The van der Waals surface area contributed by atoms with Crippen LogP contribution in [-0.2, 0) is 6.42 Å². The van der Waals surface area contributed by atoms with Crippen LogP contribution in [0.2, 0.25) is 0 Å². The van der Waals surface area contributed by atoms with Gasteiger partial charge in [-0.15, -0.1) is 0 Å². The lowest BCUT2D eigenvalue weighted by atomic mass is 10.0. The monoisotopic (exact) mass is 249 g/mol. The van der Waals surface area contributed by atoms with Gasteiger partial charge < -0.3 is 10.4 Å². The Morgan fingerprint density at radius 1 is 1.17 bits per heavy atom. The zero-order valence-corrected chi connectivity index (χ0v) is 11.9. The molecule has 0 aliphatic carbocycles. The first-order valence-corrected chi connectivity index (χ1v) is 7.04. The predicted molar refractivity (Wildman–Crippen MR) is 77.9 cm³/mol. The quantitative estimate of drug-likeness (QED) is 0.742. The number of hydrogen-bond donors (Lipinski definition) is 2. The molecule has 102 valence electrons. The molecular weight excluding hydrogens is 222 g/mol. The van der Waals surface area contributed by atoms with E-state index in [1.165, 1.54) is 11.1 Å². The van der Waals surface area contributed by atoms with Crippen molar-refractivity contribution in [3.63, 3.8) is 0 Å². The van der Waals surface area contributed by atoms with Crippen LogP contribution < -0.4 is 5.32 Å². The fourth-order valence-corrected chi connectivity index (χ4v) is 2.30. The van der Waals surface area contributed by atoms with Crippen molar-refractivity contribution < 1.29 is 5.11 Å². The molecule has 0 aromatic heterocycles. The van der Waals surface area contributed by atoms with E-state index in [0.717, 1.165) is 25.7 Å². The highest BCUT2D eigenvalue weighted by Crippen LogP contribution is 2.09. The molecule has 0 bridgehead atoms. The molecule has 1 aromatic rings. The van der Waals surface area contributed by atoms with Crippen molar-refractivity contribution in [2.75, 3.05) is 6.61 Å². The standard InChI is InChI=1S/C16H27NO/c1-13-6-4-8-16(12-13)10-9-15(3)17-14(2)7-5-11-18/h4,6,8,12,14-15,17-18H,5,7,9-11H2,1-3H3. The lowest BCUT2D eigenvalue weighted by Crippen LogP contribution is -2.34. The predicted octanol–water partition coefficient (Wildman–Crippen LogP) is 3.07. The molecular formula is C16H27NO. The van der Waals surface area contributed by atoms with Crippen LogP contribution in [0.4, 0.5) is 0 Å². The van der Waals surface area contributed by atoms with Crippen molar-refractivity contribution in [2.45, 2.75) is 58.5 Å². The van der Waals surface area contributed by atoms with Gasteiger partial charge in [0.15, 0.2) is 0 Å². The third kappa shape index (κ3) is 6.18. The van der Waals surface area contributed by atoms with Crippen LogP contribution in [-0.4, -0.2) is 23.8 Å². The normalized spacial score (nSPS) is 14.4. The first-order chi connectivity index (χ1) is 8.61. The molecule has 1 aromatic carbocycles. The zero-order chi connectivity index (χ0) is 13.4. The minimum absolute atomic E-state index is 0.295. The van der Waals surface area contributed by atoms with Crippen LogP contribution >= 0.6 is 0 Å². The average Bonchev–Trinajstić information content (AvgIpc) is 2.34. The van der Waals surface area contributed by atoms with E-state index in [-0.39, 0.29) is 0 Å². The van der Waals surface area contributed by atoms with Gasteiger partial charge in [-0.25, -0.2) is 0 Å². The Labute approximate surface area is 111 Å². The molecule has 0 fully saturated rings. The summed E-state index contributed by atoms with van der Waals surface area (Å²) in [6, 6.07) is 9.76. The molecule has 0 saturated carbocycles. The number of nitrogens with one attached hydrogen (secondary N) is 1. The summed E-state index contributed by atoms with van der Waals surface area (Å²) in [5.74, 6) is 0. The maximum atomic E-state index is 8.80. The Hall–Kier alpha value is -0.860. The van der Waals surface area contributed by atoms with E-state index < -0.39 is 0 Å². The van der Waals surface area contributed by atoms with Crippen LogP contribution in [0.15, 0.2) is 24.3 Å². The molecule has 0 amide bonds. The van der Waals surface area contributed by atoms with Gasteiger partial charge in [-0.3, -0.25) is 0 Å². The summed E-state index contributed by atoms with van der Waals surface area (Å²) < 4.78 is 0.